The van der Waals surface area contributed by atoms with Gasteiger partial charge in [0.15, 0.2) is 0 Å². The van der Waals surface area contributed by atoms with Gasteiger partial charge in [-0.05, 0) is 12.8 Å². The molecule has 0 radical (unpaired) electrons. The fraction of sp³-hybridized carbons (Fsp3) is 0.889. The van der Waals surface area contributed by atoms with Gasteiger partial charge in [0.1, 0.15) is 0 Å². The van der Waals surface area contributed by atoms with Crippen LogP contribution >= 0.6 is 0 Å². The molecule has 0 aliphatic rings. The van der Waals surface area contributed by atoms with E-state index in [1.54, 1.807) is 4.90 Å². The zero-order valence-corrected chi connectivity index (χ0v) is 8.49. The number of carbonyl (C=O) groups excluding carboxylic acids is 1. The largest absolute Gasteiger partial charge is 0.395 e. The first-order valence-electron chi connectivity index (χ1n) is 4.82. The van der Waals surface area contributed by atoms with Crippen LogP contribution in [0.15, 0.2) is 0 Å². The Balaban J connectivity index is 4.09. The summed E-state index contributed by atoms with van der Waals surface area (Å²) in [5, 5.41) is 8.73. The normalized spacial score (nSPS) is 12.6. The van der Waals surface area contributed by atoms with E-state index >= 15 is 0 Å². The Morgan fingerprint density at radius 2 is 2.08 bits per heavy atom. The number of nitrogens with two attached hydrogens (primary N) is 1. The first-order valence-corrected chi connectivity index (χ1v) is 4.82. The number of carbonyl (C=O) groups is 1. The summed E-state index contributed by atoms with van der Waals surface area (Å²) < 4.78 is 0. The van der Waals surface area contributed by atoms with Crippen LogP contribution < -0.4 is 5.73 Å². The summed E-state index contributed by atoms with van der Waals surface area (Å²) >= 11 is 0. The van der Waals surface area contributed by atoms with Crippen molar-refractivity contribution in [1.82, 2.24) is 4.90 Å². The third-order valence-electron chi connectivity index (χ3n) is 1.93. The molecule has 0 aromatic carbocycles. The minimum absolute atomic E-state index is 0.00216. The van der Waals surface area contributed by atoms with Gasteiger partial charge in [-0.25, -0.2) is 0 Å². The zero-order chi connectivity index (χ0) is 10.3. The van der Waals surface area contributed by atoms with Crippen LogP contribution in [0.1, 0.15) is 26.7 Å². The maximum atomic E-state index is 11.5. The van der Waals surface area contributed by atoms with Gasteiger partial charge in [0, 0.05) is 13.1 Å². The summed E-state index contributed by atoms with van der Waals surface area (Å²) in [7, 11) is 0. The Labute approximate surface area is 79.7 Å². The first kappa shape index (κ1) is 12.4. The van der Waals surface area contributed by atoms with Crippen molar-refractivity contribution in [3.8, 4) is 0 Å². The molecule has 1 amide bonds. The monoisotopic (exact) mass is 188 g/mol. The van der Waals surface area contributed by atoms with E-state index in [-0.39, 0.29) is 12.5 Å². The van der Waals surface area contributed by atoms with Crippen LogP contribution in [0.4, 0.5) is 0 Å². The number of rotatable bonds is 6. The molecule has 4 nitrogen and oxygen atoms in total. The van der Waals surface area contributed by atoms with Gasteiger partial charge in [-0.15, -0.1) is 0 Å². The Morgan fingerprint density at radius 3 is 2.46 bits per heavy atom. The molecule has 0 aliphatic heterocycles. The Bertz CT molecular complexity index is 145. The van der Waals surface area contributed by atoms with E-state index in [9.17, 15) is 4.79 Å². The summed E-state index contributed by atoms with van der Waals surface area (Å²) in [6, 6.07) is -0.418. The highest BCUT2D eigenvalue weighted by atomic mass is 16.3. The van der Waals surface area contributed by atoms with Crippen molar-refractivity contribution < 1.29 is 9.90 Å². The third-order valence-corrected chi connectivity index (χ3v) is 1.93. The smallest absolute Gasteiger partial charge is 0.239 e. The third kappa shape index (κ3) is 4.24. The van der Waals surface area contributed by atoms with E-state index < -0.39 is 6.04 Å². The average molecular weight is 188 g/mol. The van der Waals surface area contributed by atoms with Gasteiger partial charge in [0.25, 0.3) is 0 Å². The molecule has 0 saturated carbocycles. The number of aliphatic hydroxyl groups is 1. The van der Waals surface area contributed by atoms with Crippen molar-refractivity contribution >= 4 is 5.91 Å². The van der Waals surface area contributed by atoms with Crippen LogP contribution in [0.3, 0.4) is 0 Å². The lowest BCUT2D eigenvalue weighted by molar-refractivity contribution is -0.133. The number of hydrogen-bond acceptors (Lipinski definition) is 3. The lowest BCUT2D eigenvalue weighted by atomic mass is 10.2. The molecule has 0 saturated heterocycles. The van der Waals surface area contributed by atoms with Gasteiger partial charge in [-0.2, -0.15) is 0 Å². The number of nitrogens with zero attached hydrogens (tertiary/aromatic N) is 1. The molecule has 0 spiro atoms. The van der Waals surface area contributed by atoms with Gasteiger partial charge < -0.3 is 15.7 Å². The fourth-order valence-electron chi connectivity index (χ4n) is 1.13. The van der Waals surface area contributed by atoms with Crippen LogP contribution in [-0.2, 0) is 4.79 Å². The van der Waals surface area contributed by atoms with E-state index in [0.29, 0.717) is 19.5 Å². The minimum atomic E-state index is -0.418. The van der Waals surface area contributed by atoms with Crippen LogP contribution in [0.2, 0.25) is 0 Å². The molecule has 0 aliphatic carbocycles. The molecule has 3 N–H and O–H groups in total. The average Bonchev–Trinajstić information content (AvgIpc) is 2.15. The van der Waals surface area contributed by atoms with Gasteiger partial charge in [-0.1, -0.05) is 13.8 Å². The van der Waals surface area contributed by atoms with E-state index in [1.807, 2.05) is 13.8 Å². The van der Waals surface area contributed by atoms with Crippen molar-refractivity contribution in [2.45, 2.75) is 32.7 Å². The highest BCUT2D eigenvalue weighted by Crippen LogP contribution is 1.98. The summed E-state index contributed by atoms with van der Waals surface area (Å²) in [5.41, 5.74) is 5.61. The van der Waals surface area contributed by atoms with Crippen molar-refractivity contribution in [3.63, 3.8) is 0 Å². The van der Waals surface area contributed by atoms with Gasteiger partial charge >= 0.3 is 0 Å². The second-order valence-corrected chi connectivity index (χ2v) is 3.06. The van der Waals surface area contributed by atoms with Crippen molar-refractivity contribution in [2.24, 2.45) is 5.73 Å². The number of hydrogen-bond donors (Lipinski definition) is 2. The molecule has 0 aromatic rings. The highest BCUT2D eigenvalue weighted by Gasteiger charge is 2.17. The predicted octanol–water partition coefficient (Wildman–Crippen LogP) is -0.0454. The maximum absolute atomic E-state index is 11.5. The predicted molar refractivity (Wildman–Crippen MR) is 52.2 cm³/mol. The molecule has 1 atom stereocenters. The SMILES string of the molecule is CCCN(CCO)C(=O)[C@@H](N)CC. The number of amides is 1. The van der Waals surface area contributed by atoms with Crippen LogP contribution in [0.25, 0.3) is 0 Å². The van der Waals surface area contributed by atoms with Gasteiger partial charge in [0.05, 0.1) is 12.6 Å². The van der Waals surface area contributed by atoms with Crippen LogP contribution in [0.5, 0.6) is 0 Å². The van der Waals surface area contributed by atoms with Crippen molar-refractivity contribution in [1.29, 1.82) is 0 Å². The second kappa shape index (κ2) is 6.86. The molecule has 78 valence electrons. The maximum Gasteiger partial charge on any atom is 0.239 e. The van der Waals surface area contributed by atoms with E-state index in [0.717, 1.165) is 6.42 Å². The van der Waals surface area contributed by atoms with Gasteiger partial charge in [0.2, 0.25) is 5.91 Å². The van der Waals surface area contributed by atoms with Crippen LogP contribution in [0, 0.1) is 0 Å². The molecule has 13 heavy (non-hydrogen) atoms. The lowest BCUT2D eigenvalue weighted by Crippen LogP contribution is -2.44. The standard InChI is InChI=1S/C9H20N2O2/c1-3-5-11(6-7-12)9(13)8(10)4-2/h8,12H,3-7,10H2,1-2H3/t8-/m0/s1. The summed E-state index contributed by atoms with van der Waals surface area (Å²) in [6.45, 7) is 4.94. The summed E-state index contributed by atoms with van der Waals surface area (Å²) in [5.74, 6) is -0.0570. The Morgan fingerprint density at radius 1 is 1.46 bits per heavy atom. The first-order chi connectivity index (χ1) is 6.17. The minimum Gasteiger partial charge on any atom is -0.395 e. The van der Waals surface area contributed by atoms with E-state index in [2.05, 4.69) is 0 Å². The molecular weight excluding hydrogens is 168 g/mol. The van der Waals surface area contributed by atoms with Crippen molar-refractivity contribution in [2.75, 3.05) is 19.7 Å². The second-order valence-electron chi connectivity index (χ2n) is 3.06. The summed E-state index contributed by atoms with van der Waals surface area (Å²) in [4.78, 5) is 13.2. The molecule has 4 heteroatoms. The fourth-order valence-corrected chi connectivity index (χ4v) is 1.13. The van der Waals surface area contributed by atoms with E-state index in [4.69, 9.17) is 10.8 Å². The molecule has 0 fully saturated rings. The van der Waals surface area contributed by atoms with Crippen molar-refractivity contribution in [3.05, 3.63) is 0 Å². The number of aliphatic hydroxyl groups excluding tert-OH is 1. The summed E-state index contributed by atoms with van der Waals surface area (Å²) in [6.07, 6.45) is 1.53. The van der Waals surface area contributed by atoms with Crippen LogP contribution in [-0.4, -0.2) is 41.7 Å². The molecule has 0 unspecified atom stereocenters. The lowest BCUT2D eigenvalue weighted by Gasteiger charge is -2.23. The molecular formula is C9H20N2O2. The highest BCUT2D eigenvalue weighted by molar-refractivity contribution is 5.81. The van der Waals surface area contributed by atoms with E-state index in [1.165, 1.54) is 0 Å². The van der Waals surface area contributed by atoms with Gasteiger partial charge in [-0.3, -0.25) is 4.79 Å². The Kier molecular flexibility index (Phi) is 6.54. The Hall–Kier alpha value is -0.610. The zero-order valence-electron chi connectivity index (χ0n) is 8.49. The molecule has 0 heterocycles. The topological polar surface area (TPSA) is 66.6 Å². The molecule has 0 rings (SSSR count). The molecule has 0 bridgehead atoms. The quantitative estimate of drug-likeness (QED) is 0.614. The molecule has 0 aromatic heterocycles.